The third-order valence-electron chi connectivity index (χ3n) is 3.58. The third-order valence-corrected chi connectivity index (χ3v) is 3.58. The van der Waals surface area contributed by atoms with E-state index in [1.807, 2.05) is 4.90 Å². The molecule has 0 unspecified atom stereocenters. The SMILES string of the molecule is O=C(NCCCN1CCCC1=O)c1nc(-c2ccccn2)no1. The minimum Gasteiger partial charge on any atom is -0.348 e. The van der Waals surface area contributed by atoms with Gasteiger partial charge in [0, 0.05) is 32.3 Å². The monoisotopic (exact) mass is 315 g/mol. The summed E-state index contributed by atoms with van der Waals surface area (Å²) in [6, 6.07) is 5.32. The second-order valence-electron chi connectivity index (χ2n) is 5.23. The van der Waals surface area contributed by atoms with Crippen molar-refractivity contribution in [3.8, 4) is 11.5 Å². The molecule has 0 atom stereocenters. The Morgan fingerprint density at radius 1 is 1.39 bits per heavy atom. The molecule has 8 heteroatoms. The van der Waals surface area contributed by atoms with Gasteiger partial charge in [-0.05, 0) is 25.0 Å². The van der Waals surface area contributed by atoms with Gasteiger partial charge in [-0.15, -0.1) is 0 Å². The first-order chi connectivity index (χ1) is 11.2. The highest BCUT2D eigenvalue weighted by atomic mass is 16.5. The average molecular weight is 315 g/mol. The fourth-order valence-corrected chi connectivity index (χ4v) is 2.40. The summed E-state index contributed by atoms with van der Waals surface area (Å²) < 4.78 is 4.95. The summed E-state index contributed by atoms with van der Waals surface area (Å²) in [5.74, 6) is -0.0537. The Labute approximate surface area is 132 Å². The van der Waals surface area contributed by atoms with Crippen molar-refractivity contribution in [2.24, 2.45) is 0 Å². The summed E-state index contributed by atoms with van der Waals surface area (Å²) in [5.41, 5.74) is 0.544. The Morgan fingerprint density at radius 2 is 2.30 bits per heavy atom. The van der Waals surface area contributed by atoms with Crippen molar-refractivity contribution in [2.75, 3.05) is 19.6 Å². The number of nitrogens with zero attached hydrogens (tertiary/aromatic N) is 4. The molecule has 0 aromatic carbocycles. The predicted molar refractivity (Wildman–Crippen MR) is 80.3 cm³/mol. The molecule has 3 rings (SSSR count). The summed E-state index contributed by atoms with van der Waals surface area (Å²) in [7, 11) is 0. The molecule has 120 valence electrons. The van der Waals surface area contributed by atoms with Gasteiger partial charge in [0.25, 0.3) is 0 Å². The van der Waals surface area contributed by atoms with Gasteiger partial charge in [-0.25, -0.2) is 0 Å². The van der Waals surface area contributed by atoms with Gasteiger partial charge < -0.3 is 14.7 Å². The van der Waals surface area contributed by atoms with Crippen LogP contribution in [0, 0.1) is 0 Å². The van der Waals surface area contributed by atoms with Crippen LogP contribution in [-0.4, -0.2) is 51.5 Å². The van der Waals surface area contributed by atoms with E-state index in [0.29, 0.717) is 31.6 Å². The van der Waals surface area contributed by atoms with Gasteiger partial charge in [0.2, 0.25) is 11.7 Å². The molecule has 1 fully saturated rings. The van der Waals surface area contributed by atoms with Gasteiger partial charge in [0.15, 0.2) is 0 Å². The lowest BCUT2D eigenvalue weighted by molar-refractivity contribution is -0.127. The largest absolute Gasteiger partial charge is 0.348 e. The van der Waals surface area contributed by atoms with Crippen LogP contribution in [0.1, 0.15) is 29.9 Å². The van der Waals surface area contributed by atoms with E-state index in [4.69, 9.17) is 4.52 Å². The molecular weight excluding hydrogens is 298 g/mol. The van der Waals surface area contributed by atoms with Crippen LogP contribution in [-0.2, 0) is 4.79 Å². The maximum absolute atomic E-state index is 11.9. The molecule has 0 radical (unpaired) electrons. The van der Waals surface area contributed by atoms with E-state index < -0.39 is 5.91 Å². The van der Waals surface area contributed by atoms with Crippen LogP contribution >= 0.6 is 0 Å². The van der Waals surface area contributed by atoms with E-state index in [1.54, 1.807) is 24.4 Å². The maximum Gasteiger partial charge on any atom is 0.316 e. The minimum atomic E-state index is -0.424. The molecule has 0 spiro atoms. The van der Waals surface area contributed by atoms with Gasteiger partial charge in [-0.2, -0.15) is 4.98 Å². The number of carbonyl (C=O) groups excluding carboxylic acids is 2. The van der Waals surface area contributed by atoms with Crippen molar-refractivity contribution in [1.82, 2.24) is 25.3 Å². The lowest BCUT2D eigenvalue weighted by Gasteiger charge is -2.14. The maximum atomic E-state index is 11.9. The van der Waals surface area contributed by atoms with Gasteiger partial charge in [-0.1, -0.05) is 11.2 Å². The number of carbonyl (C=O) groups is 2. The van der Waals surface area contributed by atoms with Crippen molar-refractivity contribution >= 4 is 11.8 Å². The number of hydrogen-bond donors (Lipinski definition) is 1. The predicted octanol–water partition coefficient (Wildman–Crippen LogP) is 0.874. The first-order valence-electron chi connectivity index (χ1n) is 7.55. The lowest BCUT2D eigenvalue weighted by atomic mass is 10.3. The Balaban J connectivity index is 1.47. The highest BCUT2D eigenvalue weighted by molar-refractivity contribution is 5.89. The zero-order valence-corrected chi connectivity index (χ0v) is 12.6. The molecule has 1 aliphatic rings. The number of likely N-dealkylation sites (tertiary alicyclic amines) is 1. The second kappa shape index (κ2) is 6.99. The zero-order chi connectivity index (χ0) is 16.1. The fourth-order valence-electron chi connectivity index (χ4n) is 2.40. The van der Waals surface area contributed by atoms with Gasteiger partial charge in [-0.3, -0.25) is 14.6 Å². The molecule has 2 aromatic heterocycles. The van der Waals surface area contributed by atoms with Crippen molar-refractivity contribution in [1.29, 1.82) is 0 Å². The molecule has 2 aromatic rings. The number of amides is 2. The van der Waals surface area contributed by atoms with E-state index in [-0.39, 0.29) is 17.6 Å². The van der Waals surface area contributed by atoms with E-state index >= 15 is 0 Å². The topological polar surface area (TPSA) is 101 Å². The second-order valence-corrected chi connectivity index (χ2v) is 5.23. The van der Waals surface area contributed by atoms with E-state index in [2.05, 4.69) is 20.4 Å². The van der Waals surface area contributed by atoms with Crippen LogP contribution in [0.4, 0.5) is 0 Å². The summed E-state index contributed by atoms with van der Waals surface area (Å²) in [6.45, 7) is 1.91. The van der Waals surface area contributed by atoms with Crippen LogP contribution in [0.2, 0.25) is 0 Å². The number of pyridine rings is 1. The van der Waals surface area contributed by atoms with Crippen molar-refractivity contribution in [2.45, 2.75) is 19.3 Å². The number of nitrogens with one attached hydrogen (secondary N) is 1. The van der Waals surface area contributed by atoms with E-state index in [1.165, 1.54) is 0 Å². The molecule has 3 heterocycles. The smallest absolute Gasteiger partial charge is 0.316 e. The molecule has 0 saturated carbocycles. The summed E-state index contributed by atoms with van der Waals surface area (Å²) in [6.07, 6.45) is 3.86. The van der Waals surface area contributed by atoms with Crippen molar-refractivity contribution < 1.29 is 14.1 Å². The normalized spacial score (nSPS) is 14.3. The fraction of sp³-hybridized carbons (Fsp3) is 0.400. The molecule has 23 heavy (non-hydrogen) atoms. The highest BCUT2D eigenvalue weighted by Gasteiger charge is 2.20. The number of rotatable bonds is 6. The minimum absolute atomic E-state index is 0.0945. The average Bonchev–Trinajstić information content (AvgIpc) is 3.22. The third kappa shape index (κ3) is 3.71. The first kappa shape index (κ1) is 15.1. The molecule has 1 saturated heterocycles. The highest BCUT2D eigenvalue weighted by Crippen LogP contribution is 2.12. The zero-order valence-electron chi connectivity index (χ0n) is 12.6. The van der Waals surface area contributed by atoms with Crippen molar-refractivity contribution in [3.05, 3.63) is 30.3 Å². The molecule has 0 aliphatic carbocycles. The van der Waals surface area contributed by atoms with Gasteiger partial charge in [0.05, 0.1) is 0 Å². The summed E-state index contributed by atoms with van der Waals surface area (Å²) >= 11 is 0. The Hall–Kier alpha value is -2.77. The standard InChI is InChI=1S/C15H17N5O3/c21-12-6-3-9-20(12)10-4-8-17-14(22)15-18-13(19-23-15)11-5-1-2-7-16-11/h1-2,5,7H,3-4,6,8-10H2,(H,17,22). The lowest BCUT2D eigenvalue weighted by Crippen LogP contribution is -2.30. The first-order valence-corrected chi connectivity index (χ1v) is 7.55. The van der Waals surface area contributed by atoms with E-state index in [9.17, 15) is 9.59 Å². The van der Waals surface area contributed by atoms with Crippen LogP contribution in [0.3, 0.4) is 0 Å². The Kier molecular flexibility index (Phi) is 4.60. The molecule has 2 amide bonds. The Morgan fingerprint density at radius 3 is 3.04 bits per heavy atom. The van der Waals surface area contributed by atoms with E-state index in [0.717, 1.165) is 13.0 Å². The number of aromatic nitrogens is 3. The van der Waals surface area contributed by atoms with Gasteiger partial charge >= 0.3 is 11.8 Å². The molecular formula is C15H17N5O3. The van der Waals surface area contributed by atoms with Crippen LogP contribution in [0.25, 0.3) is 11.5 Å². The molecule has 1 aliphatic heterocycles. The quantitative estimate of drug-likeness (QED) is 0.794. The van der Waals surface area contributed by atoms with Gasteiger partial charge in [0.1, 0.15) is 5.69 Å². The molecule has 0 bridgehead atoms. The van der Waals surface area contributed by atoms with Crippen LogP contribution in [0.5, 0.6) is 0 Å². The van der Waals surface area contributed by atoms with Crippen molar-refractivity contribution in [3.63, 3.8) is 0 Å². The Bertz CT molecular complexity index is 685. The summed E-state index contributed by atoms with van der Waals surface area (Å²) in [5, 5.41) is 6.46. The molecule has 1 N–H and O–H groups in total. The number of hydrogen-bond acceptors (Lipinski definition) is 6. The summed E-state index contributed by atoms with van der Waals surface area (Å²) in [4.78, 5) is 33.3. The van der Waals surface area contributed by atoms with Crippen LogP contribution in [0.15, 0.2) is 28.9 Å². The molecule has 8 nitrogen and oxygen atoms in total. The van der Waals surface area contributed by atoms with Crippen LogP contribution < -0.4 is 5.32 Å².